The van der Waals surface area contributed by atoms with Crippen molar-refractivity contribution < 1.29 is 5.11 Å². The first-order valence-electron chi connectivity index (χ1n) is 12.1. The zero-order chi connectivity index (χ0) is 20.3. The lowest BCUT2D eigenvalue weighted by atomic mass is 9.62. The van der Waals surface area contributed by atoms with E-state index >= 15 is 0 Å². The van der Waals surface area contributed by atoms with Crippen LogP contribution in [0.2, 0.25) is 0 Å². The van der Waals surface area contributed by atoms with Gasteiger partial charge in [-0.15, -0.1) is 0 Å². The quantitative estimate of drug-likeness (QED) is 0.478. The predicted molar refractivity (Wildman–Crippen MR) is 121 cm³/mol. The molecule has 5 atom stereocenters. The Kier molecular flexibility index (Phi) is 7.29. The van der Waals surface area contributed by atoms with E-state index in [0.29, 0.717) is 5.41 Å². The molecule has 0 aromatic rings. The predicted octanol–water partition coefficient (Wildman–Crippen LogP) is 7.62. The number of aliphatic hydroxyl groups is 1. The molecule has 0 aromatic carbocycles. The topological polar surface area (TPSA) is 20.2 Å². The van der Waals surface area contributed by atoms with Crippen LogP contribution >= 0.6 is 0 Å². The molecule has 0 spiro atoms. The average molecular weight is 385 g/mol. The Morgan fingerprint density at radius 2 is 1.93 bits per heavy atom. The highest BCUT2D eigenvalue weighted by Crippen LogP contribution is 2.58. The summed E-state index contributed by atoms with van der Waals surface area (Å²) in [6.45, 7) is 12.1. The number of allylic oxidation sites excluding steroid dienone is 5. The van der Waals surface area contributed by atoms with Gasteiger partial charge < -0.3 is 5.11 Å². The SMILES string of the molecule is CC1=C(/C=C\C2=CCC[C@@]3(C)C2CC[C@@H]3[C@H](C)CCCC(C)C)C[C@@H](O)CC1. The van der Waals surface area contributed by atoms with Crippen molar-refractivity contribution in [2.24, 2.45) is 29.1 Å². The Balaban J connectivity index is 1.67. The third-order valence-electron chi connectivity index (χ3n) is 8.34. The minimum Gasteiger partial charge on any atom is -0.393 e. The highest BCUT2D eigenvalue weighted by Gasteiger charge is 2.49. The van der Waals surface area contributed by atoms with Crippen LogP contribution in [0.5, 0.6) is 0 Å². The molecule has 0 heterocycles. The molecule has 1 N–H and O–H groups in total. The van der Waals surface area contributed by atoms with Gasteiger partial charge in [0, 0.05) is 0 Å². The van der Waals surface area contributed by atoms with Crippen LogP contribution in [-0.4, -0.2) is 11.2 Å². The minimum atomic E-state index is -0.142. The molecule has 28 heavy (non-hydrogen) atoms. The molecule has 1 unspecified atom stereocenters. The standard InChI is InChI=1S/C27H44O/c1-19(2)8-6-9-21(4)25-15-16-26-22(10-7-17-27(25,26)5)12-13-23-18-24(28)14-11-20(23)3/h10,12-13,19,21,24-26,28H,6-9,11,14-18H2,1-5H3/b13-12-/t21-,24+,25-,26?,27-/m1/s1. The highest BCUT2D eigenvalue weighted by atomic mass is 16.3. The number of aliphatic hydroxyl groups excluding tert-OH is 1. The van der Waals surface area contributed by atoms with Crippen molar-refractivity contribution in [1.82, 2.24) is 0 Å². The van der Waals surface area contributed by atoms with E-state index in [0.717, 1.165) is 42.9 Å². The van der Waals surface area contributed by atoms with Gasteiger partial charge in [0.1, 0.15) is 0 Å². The second-order valence-electron chi connectivity index (χ2n) is 10.8. The summed E-state index contributed by atoms with van der Waals surface area (Å²) >= 11 is 0. The second kappa shape index (κ2) is 9.33. The molecule has 0 radical (unpaired) electrons. The van der Waals surface area contributed by atoms with E-state index < -0.39 is 0 Å². The van der Waals surface area contributed by atoms with Gasteiger partial charge in [-0.2, -0.15) is 0 Å². The number of fused-ring (bicyclic) bond motifs is 1. The van der Waals surface area contributed by atoms with Crippen molar-refractivity contribution in [3.63, 3.8) is 0 Å². The molecule has 0 aromatic heterocycles. The largest absolute Gasteiger partial charge is 0.393 e. The molecule has 0 saturated heterocycles. The normalized spacial score (nSPS) is 34.8. The van der Waals surface area contributed by atoms with Crippen molar-refractivity contribution in [3.05, 3.63) is 34.9 Å². The first-order chi connectivity index (χ1) is 13.3. The monoisotopic (exact) mass is 384 g/mol. The molecule has 1 saturated carbocycles. The fraction of sp³-hybridized carbons (Fsp3) is 0.778. The van der Waals surface area contributed by atoms with Crippen LogP contribution in [0.1, 0.15) is 98.8 Å². The van der Waals surface area contributed by atoms with Gasteiger partial charge in [0.25, 0.3) is 0 Å². The van der Waals surface area contributed by atoms with E-state index in [1.54, 1.807) is 5.57 Å². The molecule has 0 amide bonds. The van der Waals surface area contributed by atoms with Gasteiger partial charge in [-0.1, -0.05) is 70.8 Å². The van der Waals surface area contributed by atoms with E-state index in [9.17, 15) is 5.11 Å². The summed E-state index contributed by atoms with van der Waals surface area (Å²) in [6.07, 6.45) is 19.5. The van der Waals surface area contributed by atoms with Gasteiger partial charge in [0.15, 0.2) is 0 Å². The van der Waals surface area contributed by atoms with Crippen LogP contribution in [-0.2, 0) is 0 Å². The summed E-state index contributed by atoms with van der Waals surface area (Å²) in [5, 5.41) is 10.0. The maximum Gasteiger partial charge on any atom is 0.0583 e. The van der Waals surface area contributed by atoms with Gasteiger partial charge in [0.05, 0.1) is 6.10 Å². The third kappa shape index (κ3) is 4.84. The highest BCUT2D eigenvalue weighted by molar-refractivity contribution is 5.36. The van der Waals surface area contributed by atoms with Crippen LogP contribution in [0.4, 0.5) is 0 Å². The fourth-order valence-corrected chi connectivity index (χ4v) is 6.51. The van der Waals surface area contributed by atoms with E-state index in [4.69, 9.17) is 0 Å². The molecule has 1 nitrogen and oxygen atoms in total. The zero-order valence-corrected chi connectivity index (χ0v) is 19.1. The summed E-state index contributed by atoms with van der Waals surface area (Å²) in [6, 6.07) is 0. The van der Waals surface area contributed by atoms with Gasteiger partial charge in [-0.3, -0.25) is 0 Å². The van der Waals surface area contributed by atoms with Crippen molar-refractivity contribution in [3.8, 4) is 0 Å². The molecule has 158 valence electrons. The Morgan fingerprint density at radius 3 is 2.68 bits per heavy atom. The summed E-state index contributed by atoms with van der Waals surface area (Å²) in [5.74, 6) is 3.32. The summed E-state index contributed by atoms with van der Waals surface area (Å²) in [7, 11) is 0. The van der Waals surface area contributed by atoms with Crippen molar-refractivity contribution >= 4 is 0 Å². The van der Waals surface area contributed by atoms with Crippen LogP contribution in [0.3, 0.4) is 0 Å². The molecule has 3 rings (SSSR count). The Morgan fingerprint density at radius 1 is 1.14 bits per heavy atom. The van der Waals surface area contributed by atoms with Gasteiger partial charge in [-0.25, -0.2) is 0 Å². The summed E-state index contributed by atoms with van der Waals surface area (Å²) < 4.78 is 0. The second-order valence-corrected chi connectivity index (χ2v) is 10.8. The molecule has 3 aliphatic rings. The maximum atomic E-state index is 10.0. The summed E-state index contributed by atoms with van der Waals surface area (Å²) in [4.78, 5) is 0. The van der Waals surface area contributed by atoms with Crippen molar-refractivity contribution in [1.29, 1.82) is 0 Å². The minimum absolute atomic E-state index is 0.142. The van der Waals surface area contributed by atoms with Crippen molar-refractivity contribution in [2.45, 2.75) is 105 Å². The number of hydrogen-bond acceptors (Lipinski definition) is 1. The van der Waals surface area contributed by atoms with Crippen LogP contribution in [0.25, 0.3) is 0 Å². The third-order valence-corrected chi connectivity index (χ3v) is 8.34. The lowest BCUT2D eigenvalue weighted by Gasteiger charge is -2.43. The maximum absolute atomic E-state index is 10.0. The zero-order valence-electron chi connectivity index (χ0n) is 19.1. The van der Waals surface area contributed by atoms with Crippen LogP contribution < -0.4 is 0 Å². The first-order valence-corrected chi connectivity index (χ1v) is 12.1. The molecule has 1 fully saturated rings. The molecule has 1 heteroatoms. The molecular weight excluding hydrogens is 340 g/mol. The summed E-state index contributed by atoms with van der Waals surface area (Å²) in [5.41, 5.74) is 4.93. The number of hydrogen-bond donors (Lipinski definition) is 1. The Bertz CT molecular complexity index is 622. The van der Waals surface area contributed by atoms with E-state index in [2.05, 4.69) is 52.8 Å². The molecule has 0 bridgehead atoms. The lowest BCUT2D eigenvalue weighted by molar-refractivity contribution is 0.107. The smallest absolute Gasteiger partial charge is 0.0583 e. The molecule has 3 aliphatic carbocycles. The fourth-order valence-electron chi connectivity index (χ4n) is 6.51. The first kappa shape index (κ1) is 21.9. The van der Waals surface area contributed by atoms with Crippen LogP contribution in [0, 0.1) is 29.1 Å². The molecular formula is C27H44O. The van der Waals surface area contributed by atoms with Crippen LogP contribution in [0.15, 0.2) is 34.9 Å². The van der Waals surface area contributed by atoms with Crippen molar-refractivity contribution in [2.75, 3.05) is 0 Å². The molecule has 0 aliphatic heterocycles. The Labute approximate surface area is 174 Å². The van der Waals surface area contributed by atoms with E-state index in [-0.39, 0.29) is 6.10 Å². The average Bonchev–Trinajstić information content (AvgIpc) is 2.99. The lowest BCUT2D eigenvalue weighted by Crippen LogP contribution is -2.35. The number of rotatable bonds is 7. The van der Waals surface area contributed by atoms with Gasteiger partial charge >= 0.3 is 0 Å². The van der Waals surface area contributed by atoms with E-state index in [1.165, 1.54) is 56.1 Å². The Hall–Kier alpha value is -0.820. The van der Waals surface area contributed by atoms with E-state index in [1.807, 2.05) is 0 Å². The van der Waals surface area contributed by atoms with Gasteiger partial charge in [-0.05, 0) is 92.1 Å². The van der Waals surface area contributed by atoms with Gasteiger partial charge in [0.2, 0.25) is 0 Å².